The molecule has 0 aliphatic heterocycles. The summed E-state index contributed by atoms with van der Waals surface area (Å²) in [6.07, 6.45) is -0.0616. The monoisotopic (exact) mass is 212 g/mol. The van der Waals surface area contributed by atoms with Crippen LogP contribution in [-0.4, -0.2) is 44.6 Å². The predicted molar refractivity (Wildman–Crippen MR) is 43.1 cm³/mol. The van der Waals surface area contributed by atoms with E-state index in [0.29, 0.717) is 0 Å². The molecular formula is C5H12N2O5S. The molecule has 0 bridgehead atoms. The highest BCUT2D eigenvalue weighted by Crippen LogP contribution is 1.95. The highest BCUT2D eigenvalue weighted by molar-refractivity contribution is 7.86. The van der Waals surface area contributed by atoms with E-state index in [2.05, 4.69) is 4.74 Å². The quantitative estimate of drug-likeness (QED) is 0.436. The van der Waals surface area contributed by atoms with E-state index in [9.17, 15) is 13.2 Å². The number of esters is 1. The number of rotatable bonds is 5. The Balaban J connectivity index is 4.02. The van der Waals surface area contributed by atoms with Gasteiger partial charge in [0.1, 0.15) is 0 Å². The molecule has 0 aliphatic rings. The maximum Gasteiger partial charge on any atom is 0.306 e. The Morgan fingerprint density at radius 3 is 2.54 bits per heavy atom. The molecule has 0 heterocycles. The van der Waals surface area contributed by atoms with Crippen molar-refractivity contribution in [1.29, 1.82) is 0 Å². The fourth-order valence-electron chi connectivity index (χ4n) is 0.541. The molecule has 78 valence electrons. The molecule has 13 heavy (non-hydrogen) atoms. The second-order valence-electron chi connectivity index (χ2n) is 2.24. The molecule has 0 spiro atoms. The summed E-state index contributed by atoms with van der Waals surface area (Å²) in [7, 11) is -1.44. The van der Waals surface area contributed by atoms with Crippen molar-refractivity contribution in [1.82, 2.24) is 9.19 Å². The van der Waals surface area contributed by atoms with Gasteiger partial charge in [-0.2, -0.15) is 12.7 Å². The fraction of sp³-hybridized carbons (Fsp3) is 0.800. The lowest BCUT2D eigenvalue weighted by Gasteiger charge is -2.13. The zero-order valence-corrected chi connectivity index (χ0v) is 8.17. The summed E-state index contributed by atoms with van der Waals surface area (Å²) in [5, 5.41) is 8.19. The van der Waals surface area contributed by atoms with Crippen LogP contribution in [0.1, 0.15) is 6.42 Å². The van der Waals surface area contributed by atoms with Crippen LogP contribution in [-0.2, 0) is 19.7 Å². The van der Waals surface area contributed by atoms with Gasteiger partial charge in [0.15, 0.2) is 0 Å². The standard InChI is InChI=1S/C5H12N2O5S/c1-7(13(10,11)6-9)4-3-5(8)12-2/h6,9H,3-4H2,1-2H3. The normalized spacial score (nSPS) is 11.7. The maximum atomic E-state index is 10.8. The molecule has 0 saturated heterocycles. The molecule has 0 rings (SSSR count). The molecule has 0 aromatic carbocycles. The number of nitrogens with zero attached hydrogens (tertiary/aromatic N) is 1. The van der Waals surface area contributed by atoms with Crippen molar-refractivity contribution in [2.24, 2.45) is 0 Å². The lowest BCUT2D eigenvalue weighted by Crippen LogP contribution is -2.37. The molecular weight excluding hydrogens is 200 g/mol. The van der Waals surface area contributed by atoms with E-state index >= 15 is 0 Å². The molecule has 0 fully saturated rings. The first kappa shape index (κ1) is 12.3. The minimum absolute atomic E-state index is 0.0530. The molecule has 8 heteroatoms. The highest BCUT2D eigenvalue weighted by Gasteiger charge is 2.16. The van der Waals surface area contributed by atoms with Crippen molar-refractivity contribution in [2.45, 2.75) is 6.42 Å². The Labute approximate surface area is 76.4 Å². The van der Waals surface area contributed by atoms with Gasteiger partial charge in [0.2, 0.25) is 0 Å². The average Bonchev–Trinajstić information content (AvgIpc) is 2.13. The second-order valence-corrected chi connectivity index (χ2v) is 4.00. The summed E-state index contributed by atoms with van der Waals surface area (Å²) in [4.78, 5) is 11.7. The number of hydrogen-bond acceptors (Lipinski definition) is 5. The van der Waals surface area contributed by atoms with E-state index in [0.717, 1.165) is 9.19 Å². The first-order valence-corrected chi connectivity index (χ1v) is 4.82. The lowest BCUT2D eigenvalue weighted by atomic mass is 10.4. The smallest absolute Gasteiger partial charge is 0.306 e. The van der Waals surface area contributed by atoms with Gasteiger partial charge in [-0.1, -0.05) is 4.89 Å². The van der Waals surface area contributed by atoms with Crippen LogP contribution in [0.15, 0.2) is 0 Å². The van der Waals surface area contributed by atoms with Crippen molar-refractivity contribution in [3.8, 4) is 0 Å². The van der Waals surface area contributed by atoms with Gasteiger partial charge in [-0.05, 0) is 0 Å². The molecule has 0 aromatic heterocycles. The molecule has 0 aliphatic carbocycles. The number of methoxy groups -OCH3 is 1. The van der Waals surface area contributed by atoms with Crippen molar-refractivity contribution in [2.75, 3.05) is 20.7 Å². The molecule has 0 amide bonds. The van der Waals surface area contributed by atoms with Gasteiger partial charge in [0.05, 0.1) is 13.5 Å². The minimum atomic E-state index is -3.87. The van der Waals surface area contributed by atoms with Crippen LogP contribution in [0.5, 0.6) is 0 Å². The predicted octanol–water partition coefficient (Wildman–Crippen LogP) is -1.30. The molecule has 7 nitrogen and oxygen atoms in total. The SMILES string of the molecule is COC(=O)CCN(C)S(=O)(=O)NO. The van der Waals surface area contributed by atoms with Crippen molar-refractivity contribution >= 4 is 16.2 Å². The van der Waals surface area contributed by atoms with Crippen molar-refractivity contribution < 1.29 is 23.2 Å². The van der Waals surface area contributed by atoms with E-state index in [1.807, 2.05) is 0 Å². The molecule has 0 radical (unpaired) electrons. The van der Waals surface area contributed by atoms with Crippen LogP contribution < -0.4 is 4.89 Å². The van der Waals surface area contributed by atoms with Gasteiger partial charge in [-0.25, -0.2) is 0 Å². The van der Waals surface area contributed by atoms with E-state index in [-0.39, 0.29) is 13.0 Å². The van der Waals surface area contributed by atoms with Crippen LogP contribution in [0, 0.1) is 0 Å². The molecule has 0 atom stereocenters. The molecule has 0 saturated carbocycles. The minimum Gasteiger partial charge on any atom is -0.469 e. The topological polar surface area (TPSA) is 95.9 Å². The van der Waals surface area contributed by atoms with Crippen LogP contribution in [0.4, 0.5) is 0 Å². The Morgan fingerprint density at radius 1 is 1.62 bits per heavy atom. The number of carbonyl (C=O) groups excluding carboxylic acids is 1. The summed E-state index contributed by atoms with van der Waals surface area (Å²) >= 11 is 0. The fourth-order valence-corrected chi connectivity index (χ4v) is 1.01. The zero-order valence-electron chi connectivity index (χ0n) is 7.35. The van der Waals surface area contributed by atoms with Crippen molar-refractivity contribution in [3.63, 3.8) is 0 Å². The van der Waals surface area contributed by atoms with E-state index in [1.165, 1.54) is 14.2 Å². The maximum absolute atomic E-state index is 10.8. The number of hydrogen-bond donors (Lipinski definition) is 2. The van der Waals surface area contributed by atoms with Crippen LogP contribution in [0.25, 0.3) is 0 Å². The third-order valence-corrected chi connectivity index (χ3v) is 2.62. The summed E-state index contributed by atoms with van der Waals surface area (Å²) in [5.74, 6) is -0.514. The molecule has 0 unspecified atom stereocenters. The number of carbonyl (C=O) groups is 1. The highest BCUT2D eigenvalue weighted by atomic mass is 32.2. The lowest BCUT2D eigenvalue weighted by molar-refractivity contribution is -0.140. The Bertz CT molecular complexity index is 262. The van der Waals surface area contributed by atoms with Crippen LogP contribution in [0.2, 0.25) is 0 Å². The summed E-state index contributed by atoms with van der Waals surface area (Å²) < 4.78 is 26.7. The number of ether oxygens (including phenoxy) is 1. The van der Waals surface area contributed by atoms with Crippen molar-refractivity contribution in [3.05, 3.63) is 0 Å². The second kappa shape index (κ2) is 5.12. The van der Waals surface area contributed by atoms with Gasteiger partial charge in [-0.15, -0.1) is 0 Å². The largest absolute Gasteiger partial charge is 0.469 e. The van der Waals surface area contributed by atoms with Gasteiger partial charge in [0, 0.05) is 13.6 Å². The third kappa shape index (κ3) is 4.18. The summed E-state index contributed by atoms with van der Waals surface area (Å²) in [6.45, 7) is -0.0530. The van der Waals surface area contributed by atoms with Gasteiger partial charge < -0.3 is 9.94 Å². The zero-order chi connectivity index (χ0) is 10.5. The van der Waals surface area contributed by atoms with E-state index in [1.54, 1.807) is 0 Å². The Morgan fingerprint density at radius 2 is 2.15 bits per heavy atom. The average molecular weight is 212 g/mol. The first-order chi connectivity index (χ1) is 5.94. The third-order valence-electron chi connectivity index (χ3n) is 1.38. The van der Waals surface area contributed by atoms with Gasteiger partial charge in [-0.3, -0.25) is 4.79 Å². The first-order valence-electron chi connectivity index (χ1n) is 3.38. The molecule has 2 N–H and O–H groups in total. The van der Waals surface area contributed by atoms with E-state index < -0.39 is 16.2 Å². The van der Waals surface area contributed by atoms with E-state index in [4.69, 9.17) is 5.21 Å². The molecule has 0 aromatic rings. The van der Waals surface area contributed by atoms with Gasteiger partial charge >= 0.3 is 16.2 Å². The summed E-state index contributed by atoms with van der Waals surface area (Å²) in [5.41, 5.74) is 0. The van der Waals surface area contributed by atoms with Crippen LogP contribution in [0.3, 0.4) is 0 Å². The van der Waals surface area contributed by atoms with Gasteiger partial charge in [0.25, 0.3) is 0 Å². The number of nitrogens with one attached hydrogen (secondary N) is 1. The Kier molecular flexibility index (Phi) is 4.85. The van der Waals surface area contributed by atoms with Crippen LogP contribution >= 0.6 is 0 Å². The Hall–Kier alpha value is -0.700. The summed E-state index contributed by atoms with van der Waals surface area (Å²) in [6, 6.07) is 0.